The highest BCUT2D eigenvalue weighted by Crippen LogP contribution is 2.30. The molecule has 0 spiro atoms. The quantitative estimate of drug-likeness (QED) is 0.754. The normalized spacial score (nSPS) is 18.9. The number of ether oxygens (including phenoxy) is 1. The maximum atomic E-state index is 6.35. The zero-order valence-electron chi connectivity index (χ0n) is 10.4. The van der Waals surface area contributed by atoms with Gasteiger partial charge in [-0.3, -0.25) is 0 Å². The summed E-state index contributed by atoms with van der Waals surface area (Å²) in [5.41, 5.74) is 6.37. The van der Waals surface area contributed by atoms with Crippen LogP contribution in [0.5, 0.6) is 0 Å². The van der Waals surface area contributed by atoms with E-state index in [1.807, 2.05) is 0 Å². The third-order valence-electron chi connectivity index (χ3n) is 3.73. The summed E-state index contributed by atoms with van der Waals surface area (Å²) < 4.78 is 5.58. The van der Waals surface area contributed by atoms with Crippen LogP contribution in [0.2, 0.25) is 0 Å². The van der Waals surface area contributed by atoms with Crippen molar-refractivity contribution in [2.45, 2.75) is 44.7 Å². The van der Waals surface area contributed by atoms with Crippen LogP contribution in [0.15, 0.2) is 11.8 Å². The summed E-state index contributed by atoms with van der Waals surface area (Å²) in [6, 6.07) is -0.00926. The van der Waals surface area contributed by atoms with E-state index in [1.165, 1.54) is 0 Å². The summed E-state index contributed by atoms with van der Waals surface area (Å²) in [6.45, 7) is 5.18. The second-order valence-electron chi connectivity index (χ2n) is 4.43. The first kappa shape index (κ1) is 12.5. The lowest BCUT2D eigenvalue weighted by molar-refractivity contribution is 0.0885. The molecule has 0 aromatic rings. The van der Waals surface area contributed by atoms with E-state index in [1.54, 1.807) is 0 Å². The van der Waals surface area contributed by atoms with Crippen molar-refractivity contribution in [1.82, 2.24) is 4.90 Å². The maximum absolute atomic E-state index is 6.35. The van der Waals surface area contributed by atoms with E-state index in [0.29, 0.717) is 0 Å². The molecule has 0 aromatic carbocycles. The molecule has 1 rings (SSSR count). The van der Waals surface area contributed by atoms with Gasteiger partial charge in [-0.25, -0.2) is 0 Å². The van der Waals surface area contributed by atoms with E-state index in [9.17, 15) is 0 Å². The number of nitrogens with two attached hydrogens (primary N) is 1. The van der Waals surface area contributed by atoms with Gasteiger partial charge in [0.25, 0.3) is 0 Å². The van der Waals surface area contributed by atoms with E-state index >= 15 is 0 Å². The molecular weight excluding hydrogens is 188 g/mol. The van der Waals surface area contributed by atoms with Gasteiger partial charge in [-0.1, -0.05) is 13.8 Å². The van der Waals surface area contributed by atoms with Crippen LogP contribution < -0.4 is 5.73 Å². The van der Waals surface area contributed by atoms with Gasteiger partial charge in [0, 0.05) is 12.0 Å². The van der Waals surface area contributed by atoms with E-state index in [0.717, 1.165) is 31.6 Å². The average molecular weight is 212 g/mol. The number of likely N-dealkylation sites (N-methyl/N-ethyl adjacent to an activating group) is 1. The van der Waals surface area contributed by atoms with Gasteiger partial charge in [0.1, 0.15) is 5.76 Å². The van der Waals surface area contributed by atoms with E-state index < -0.39 is 0 Å². The zero-order chi connectivity index (χ0) is 11.5. The highest BCUT2D eigenvalue weighted by molar-refractivity contribution is 5.15. The predicted octanol–water partition coefficient (Wildman–Crippen LogP) is 1.74. The Morgan fingerprint density at radius 2 is 2.07 bits per heavy atom. The molecule has 0 fully saturated rings. The van der Waals surface area contributed by atoms with Crippen molar-refractivity contribution in [2.24, 2.45) is 5.73 Å². The highest BCUT2D eigenvalue weighted by atomic mass is 16.5. The Balaban J connectivity index is 2.87. The molecule has 1 aliphatic rings. The Morgan fingerprint density at radius 3 is 2.40 bits per heavy atom. The van der Waals surface area contributed by atoms with Crippen LogP contribution in [0, 0.1) is 0 Å². The molecule has 15 heavy (non-hydrogen) atoms. The van der Waals surface area contributed by atoms with Gasteiger partial charge in [-0.05, 0) is 33.0 Å². The third-order valence-corrected chi connectivity index (χ3v) is 3.73. The van der Waals surface area contributed by atoms with Crippen LogP contribution in [-0.2, 0) is 4.74 Å². The van der Waals surface area contributed by atoms with Crippen molar-refractivity contribution < 1.29 is 4.74 Å². The van der Waals surface area contributed by atoms with E-state index in [2.05, 4.69) is 38.9 Å². The second-order valence-corrected chi connectivity index (χ2v) is 4.43. The van der Waals surface area contributed by atoms with Gasteiger partial charge in [0.05, 0.1) is 12.6 Å². The minimum absolute atomic E-state index is 0.00926. The topological polar surface area (TPSA) is 38.5 Å². The van der Waals surface area contributed by atoms with Gasteiger partial charge >= 0.3 is 0 Å². The SMILES string of the molecule is CCC(CC)(C(N)C1=CCCO1)N(C)C. The lowest BCUT2D eigenvalue weighted by Gasteiger charge is -2.43. The van der Waals surface area contributed by atoms with Crippen molar-refractivity contribution >= 4 is 0 Å². The maximum Gasteiger partial charge on any atom is 0.111 e. The van der Waals surface area contributed by atoms with Crippen LogP contribution in [0.4, 0.5) is 0 Å². The molecule has 1 atom stereocenters. The molecule has 88 valence electrons. The average Bonchev–Trinajstić information content (AvgIpc) is 2.72. The Labute approximate surface area is 93.3 Å². The number of hydrogen-bond acceptors (Lipinski definition) is 3. The Hall–Kier alpha value is -0.540. The van der Waals surface area contributed by atoms with Gasteiger partial charge < -0.3 is 15.4 Å². The molecule has 1 unspecified atom stereocenters. The molecule has 0 amide bonds. The molecule has 0 aliphatic carbocycles. The first-order valence-electron chi connectivity index (χ1n) is 5.84. The molecule has 0 saturated carbocycles. The second kappa shape index (κ2) is 4.99. The summed E-state index contributed by atoms with van der Waals surface area (Å²) in [6.07, 6.45) is 5.21. The van der Waals surface area contributed by atoms with Crippen LogP contribution in [0.3, 0.4) is 0 Å². The summed E-state index contributed by atoms with van der Waals surface area (Å²) >= 11 is 0. The Bertz CT molecular complexity index is 232. The first-order valence-corrected chi connectivity index (χ1v) is 5.84. The van der Waals surface area contributed by atoms with Crippen molar-refractivity contribution in [3.63, 3.8) is 0 Å². The minimum atomic E-state index is -0.00926. The molecule has 0 saturated heterocycles. The smallest absolute Gasteiger partial charge is 0.111 e. The van der Waals surface area contributed by atoms with Crippen molar-refractivity contribution in [1.29, 1.82) is 0 Å². The molecule has 0 aromatic heterocycles. The number of hydrogen-bond donors (Lipinski definition) is 1. The molecule has 3 nitrogen and oxygen atoms in total. The Morgan fingerprint density at radius 1 is 1.47 bits per heavy atom. The largest absolute Gasteiger partial charge is 0.496 e. The molecule has 0 radical (unpaired) electrons. The number of rotatable bonds is 5. The summed E-state index contributed by atoms with van der Waals surface area (Å²) in [4.78, 5) is 2.24. The molecule has 1 aliphatic heterocycles. The van der Waals surface area contributed by atoms with E-state index in [-0.39, 0.29) is 11.6 Å². The van der Waals surface area contributed by atoms with Gasteiger partial charge in [0.15, 0.2) is 0 Å². The molecular formula is C12H24N2O. The lowest BCUT2D eigenvalue weighted by atomic mass is 9.82. The molecule has 2 N–H and O–H groups in total. The summed E-state index contributed by atoms with van der Waals surface area (Å²) in [5, 5.41) is 0. The molecule has 1 heterocycles. The third kappa shape index (κ3) is 2.18. The Kier molecular flexibility index (Phi) is 4.17. The fraction of sp³-hybridized carbons (Fsp3) is 0.833. The molecule has 3 heteroatoms. The molecule has 0 bridgehead atoms. The van der Waals surface area contributed by atoms with Crippen LogP contribution >= 0.6 is 0 Å². The van der Waals surface area contributed by atoms with Crippen LogP contribution in [0.1, 0.15) is 33.1 Å². The van der Waals surface area contributed by atoms with Crippen molar-refractivity contribution in [3.05, 3.63) is 11.8 Å². The summed E-state index contributed by atoms with van der Waals surface area (Å²) in [7, 11) is 4.20. The van der Waals surface area contributed by atoms with Gasteiger partial charge in [-0.2, -0.15) is 0 Å². The fourth-order valence-electron chi connectivity index (χ4n) is 2.52. The lowest BCUT2D eigenvalue weighted by Crippen LogP contribution is -2.57. The first-order chi connectivity index (χ1) is 7.08. The monoisotopic (exact) mass is 212 g/mol. The predicted molar refractivity (Wildman–Crippen MR) is 63.6 cm³/mol. The standard InChI is InChI=1S/C12H24N2O/c1-5-12(6-2,14(3)4)11(13)10-8-7-9-15-10/h8,11H,5-7,9,13H2,1-4H3. The van der Waals surface area contributed by atoms with Crippen LogP contribution in [0.25, 0.3) is 0 Å². The van der Waals surface area contributed by atoms with Gasteiger partial charge in [-0.15, -0.1) is 0 Å². The van der Waals surface area contributed by atoms with Crippen LogP contribution in [-0.4, -0.2) is 37.2 Å². The van der Waals surface area contributed by atoms with E-state index in [4.69, 9.17) is 10.5 Å². The fourth-order valence-corrected chi connectivity index (χ4v) is 2.52. The van der Waals surface area contributed by atoms with Crippen molar-refractivity contribution in [3.8, 4) is 0 Å². The van der Waals surface area contributed by atoms with Gasteiger partial charge in [0.2, 0.25) is 0 Å². The highest BCUT2D eigenvalue weighted by Gasteiger charge is 2.39. The number of nitrogens with zero attached hydrogens (tertiary/aromatic N) is 1. The summed E-state index contributed by atoms with van der Waals surface area (Å²) in [5.74, 6) is 0.979. The van der Waals surface area contributed by atoms with Crippen molar-refractivity contribution in [2.75, 3.05) is 20.7 Å². The zero-order valence-corrected chi connectivity index (χ0v) is 10.4. The minimum Gasteiger partial charge on any atom is -0.496 e.